The maximum Gasteiger partial charge on any atom is 0.308 e. The minimum absolute atomic E-state index is 0.0204. The Labute approximate surface area is 165 Å². The zero-order valence-corrected chi connectivity index (χ0v) is 16.8. The second-order valence-corrected chi connectivity index (χ2v) is 6.94. The summed E-state index contributed by atoms with van der Waals surface area (Å²) in [5.41, 5.74) is 2.21. The highest BCUT2D eigenvalue weighted by Crippen LogP contribution is 2.22. The van der Waals surface area contributed by atoms with Crippen LogP contribution >= 0.6 is 0 Å². The van der Waals surface area contributed by atoms with Crippen LogP contribution in [0.15, 0.2) is 39.9 Å². The van der Waals surface area contributed by atoms with Crippen LogP contribution in [0.5, 0.6) is 0 Å². The number of piperidine rings is 1. The molecule has 7 heteroatoms. The fourth-order valence-electron chi connectivity index (χ4n) is 3.30. The van der Waals surface area contributed by atoms with E-state index in [-0.39, 0.29) is 11.9 Å². The van der Waals surface area contributed by atoms with Crippen molar-refractivity contribution in [3.8, 4) is 11.3 Å². The summed E-state index contributed by atoms with van der Waals surface area (Å²) in [4.78, 5) is 22.9. The molecule has 2 aromatic rings. The van der Waals surface area contributed by atoms with Gasteiger partial charge in [-0.3, -0.25) is 4.79 Å². The van der Waals surface area contributed by atoms with Crippen molar-refractivity contribution in [1.29, 1.82) is 0 Å². The lowest BCUT2D eigenvalue weighted by Gasteiger charge is -2.33. The Balaban J connectivity index is 1.63. The van der Waals surface area contributed by atoms with E-state index in [1.54, 1.807) is 6.20 Å². The molecule has 1 N–H and O–H groups in total. The third-order valence-corrected chi connectivity index (χ3v) is 4.92. The van der Waals surface area contributed by atoms with Gasteiger partial charge < -0.3 is 19.4 Å². The zero-order valence-electron chi connectivity index (χ0n) is 16.8. The van der Waals surface area contributed by atoms with Crippen LogP contribution in [0.3, 0.4) is 0 Å². The van der Waals surface area contributed by atoms with Crippen molar-refractivity contribution < 1.29 is 13.9 Å². The number of aryl methyl sites for hydroxylation is 1. The zero-order chi connectivity index (χ0) is 19.9. The molecule has 1 saturated heterocycles. The number of carbonyl (C=O) groups excluding carboxylic acids is 1. The van der Waals surface area contributed by atoms with Gasteiger partial charge in [0.25, 0.3) is 0 Å². The maximum atomic E-state index is 11.7. The number of benzene rings is 1. The number of hydrogen-bond donors (Lipinski definition) is 1. The molecule has 3 rings (SSSR count). The molecule has 1 aliphatic heterocycles. The summed E-state index contributed by atoms with van der Waals surface area (Å²) in [6.45, 7) is 6.77. The smallest absolute Gasteiger partial charge is 0.308 e. The Morgan fingerprint density at radius 3 is 2.68 bits per heavy atom. The predicted octanol–water partition coefficient (Wildman–Crippen LogP) is 3.00. The fraction of sp³-hybridized carbons (Fsp3) is 0.476. The van der Waals surface area contributed by atoms with Crippen molar-refractivity contribution in [2.75, 3.05) is 26.7 Å². The average Bonchev–Trinajstić information content (AvgIpc) is 3.20. The van der Waals surface area contributed by atoms with Crippen molar-refractivity contribution in [3.05, 3.63) is 41.9 Å². The number of esters is 1. The van der Waals surface area contributed by atoms with E-state index in [4.69, 9.17) is 9.15 Å². The first-order valence-corrected chi connectivity index (χ1v) is 9.73. The minimum Gasteiger partial charge on any atom is -0.469 e. The largest absolute Gasteiger partial charge is 0.469 e. The van der Waals surface area contributed by atoms with Crippen molar-refractivity contribution >= 4 is 11.9 Å². The van der Waals surface area contributed by atoms with Crippen LogP contribution in [0.2, 0.25) is 0 Å². The Morgan fingerprint density at radius 1 is 1.32 bits per heavy atom. The van der Waals surface area contributed by atoms with Gasteiger partial charge in [0.1, 0.15) is 6.54 Å². The third kappa shape index (κ3) is 4.91. The first-order chi connectivity index (χ1) is 13.6. The van der Waals surface area contributed by atoms with Crippen LogP contribution in [0.4, 0.5) is 0 Å². The Morgan fingerprint density at radius 2 is 2.04 bits per heavy atom. The molecule has 0 amide bonds. The molecule has 28 heavy (non-hydrogen) atoms. The third-order valence-electron chi connectivity index (χ3n) is 4.92. The summed E-state index contributed by atoms with van der Waals surface area (Å²) >= 11 is 0. The van der Waals surface area contributed by atoms with E-state index in [1.807, 2.05) is 19.1 Å². The van der Waals surface area contributed by atoms with Gasteiger partial charge in [-0.05, 0) is 26.7 Å². The van der Waals surface area contributed by atoms with E-state index >= 15 is 0 Å². The summed E-state index contributed by atoms with van der Waals surface area (Å²) in [5.74, 6) is 2.00. The molecule has 1 aromatic heterocycles. The average molecular weight is 384 g/mol. The van der Waals surface area contributed by atoms with Crippen LogP contribution in [0.1, 0.15) is 31.2 Å². The predicted molar refractivity (Wildman–Crippen MR) is 108 cm³/mol. The minimum atomic E-state index is -0.120. The molecule has 7 nitrogen and oxygen atoms in total. The number of hydrogen-bond acceptors (Lipinski definition) is 5. The number of aliphatic imine (C=N–C) groups is 1. The molecule has 0 aliphatic carbocycles. The van der Waals surface area contributed by atoms with Crippen LogP contribution in [-0.4, -0.2) is 48.6 Å². The highest BCUT2D eigenvalue weighted by molar-refractivity contribution is 5.80. The van der Waals surface area contributed by atoms with E-state index < -0.39 is 0 Å². The van der Waals surface area contributed by atoms with Gasteiger partial charge in [-0.15, -0.1) is 0 Å². The van der Waals surface area contributed by atoms with Gasteiger partial charge in [0.05, 0.1) is 19.2 Å². The highest BCUT2D eigenvalue weighted by atomic mass is 16.5. The number of nitrogens with one attached hydrogen (secondary N) is 1. The summed E-state index contributed by atoms with van der Waals surface area (Å²) in [6, 6.07) is 8.16. The SMILES string of the molecule is CCNC(=NCc1ncc(-c2ccc(C)cc2)o1)N1CCC(C(=O)OC)CC1. The van der Waals surface area contributed by atoms with Gasteiger partial charge in [-0.1, -0.05) is 29.8 Å². The molecule has 1 fully saturated rings. The number of ether oxygens (including phenoxy) is 1. The van der Waals surface area contributed by atoms with E-state index in [0.29, 0.717) is 12.4 Å². The molecule has 1 aromatic carbocycles. The highest BCUT2D eigenvalue weighted by Gasteiger charge is 2.27. The van der Waals surface area contributed by atoms with Crippen LogP contribution in [0.25, 0.3) is 11.3 Å². The summed E-state index contributed by atoms with van der Waals surface area (Å²) in [7, 11) is 1.45. The molecule has 0 spiro atoms. The van der Waals surface area contributed by atoms with Crippen LogP contribution in [-0.2, 0) is 16.1 Å². The molecule has 1 aliphatic rings. The van der Waals surface area contributed by atoms with Crippen molar-refractivity contribution in [2.45, 2.75) is 33.2 Å². The Bertz CT molecular complexity index is 805. The van der Waals surface area contributed by atoms with E-state index in [2.05, 4.69) is 39.2 Å². The van der Waals surface area contributed by atoms with Gasteiger partial charge in [0.15, 0.2) is 11.7 Å². The second-order valence-electron chi connectivity index (χ2n) is 6.94. The van der Waals surface area contributed by atoms with Gasteiger partial charge in [-0.2, -0.15) is 0 Å². The van der Waals surface area contributed by atoms with E-state index in [1.165, 1.54) is 12.7 Å². The van der Waals surface area contributed by atoms with Crippen LogP contribution in [0, 0.1) is 12.8 Å². The maximum absolute atomic E-state index is 11.7. The summed E-state index contributed by atoms with van der Waals surface area (Å²) < 4.78 is 10.7. The monoisotopic (exact) mass is 384 g/mol. The van der Waals surface area contributed by atoms with Crippen LogP contribution < -0.4 is 5.32 Å². The molecule has 0 atom stereocenters. The molecule has 2 heterocycles. The number of rotatable bonds is 5. The fourth-order valence-corrected chi connectivity index (χ4v) is 3.30. The second kappa shape index (κ2) is 9.39. The molecular weight excluding hydrogens is 356 g/mol. The normalized spacial score (nSPS) is 15.5. The quantitative estimate of drug-likeness (QED) is 0.485. The van der Waals surface area contributed by atoms with E-state index in [0.717, 1.165) is 49.8 Å². The topological polar surface area (TPSA) is 80.0 Å². The van der Waals surface area contributed by atoms with Gasteiger partial charge in [0, 0.05) is 25.2 Å². The number of aromatic nitrogens is 1. The Hall–Kier alpha value is -2.83. The Kier molecular flexibility index (Phi) is 6.68. The molecule has 0 radical (unpaired) electrons. The number of methoxy groups -OCH3 is 1. The number of nitrogens with zero attached hydrogens (tertiary/aromatic N) is 3. The molecule has 0 saturated carbocycles. The number of likely N-dealkylation sites (tertiary alicyclic amines) is 1. The summed E-state index contributed by atoms with van der Waals surface area (Å²) in [5, 5.41) is 3.32. The molecular formula is C21H28N4O3. The van der Waals surface area contributed by atoms with Crippen molar-refractivity contribution in [2.24, 2.45) is 10.9 Å². The first kappa shape index (κ1) is 19.9. The lowest BCUT2D eigenvalue weighted by atomic mass is 9.97. The van der Waals surface area contributed by atoms with E-state index in [9.17, 15) is 4.79 Å². The number of guanidine groups is 1. The lowest BCUT2D eigenvalue weighted by Crippen LogP contribution is -2.46. The van der Waals surface area contributed by atoms with Gasteiger partial charge >= 0.3 is 5.97 Å². The lowest BCUT2D eigenvalue weighted by molar-refractivity contribution is -0.146. The van der Waals surface area contributed by atoms with Crippen molar-refractivity contribution in [1.82, 2.24) is 15.2 Å². The van der Waals surface area contributed by atoms with Gasteiger partial charge in [0.2, 0.25) is 5.89 Å². The first-order valence-electron chi connectivity index (χ1n) is 9.73. The summed E-state index contributed by atoms with van der Waals surface area (Å²) in [6.07, 6.45) is 3.28. The molecule has 0 unspecified atom stereocenters. The molecule has 0 bridgehead atoms. The standard InChI is InChI=1S/C21H28N4O3/c1-4-22-21(25-11-9-17(10-12-25)20(26)27-3)24-14-19-23-13-18(28-19)16-7-5-15(2)6-8-16/h5-8,13,17H,4,9-12,14H2,1-3H3,(H,22,24). The van der Waals surface area contributed by atoms with Crippen molar-refractivity contribution in [3.63, 3.8) is 0 Å². The number of oxazole rings is 1. The molecule has 150 valence electrons. The van der Waals surface area contributed by atoms with Gasteiger partial charge in [-0.25, -0.2) is 9.98 Å². The number of carbonyl (C=O) groups is 1.